The average Bonchev–Trinajstić information content (AvgIpc) is 3.12. The van der Waals surface area contributed by atoms with Crippen LogP contribution >= 0.6 is 12.2 Å². The molecule has 1 aromatic carbocycles. The lowest BCUT2D eigenvalue weighted by atomic mass is 10.1. The van der Waals surface area contributed by atoms with Gasteiger partial charge in [-0.05, 0) is 55.7 Å². The monoisotopic (exact) mass is 348 g/mol. The molecule has 3 rings (SSSR count). The van der Waals surface area contributed by atoms with Crippen molar-refractivity contribution in [2.24, 2.45) is 0 Å². The molecule has 1 aliphatic heterocycles. The van der Waals surface area contributed by atoms with Gasteiger partial charge in [0.2, 0.25) is 0 Å². The molecular formula is C18H23FN3OS+. The molecule has 24 heavy (non-hydrogen) atoms. The first-order valence-corrected chi connectivity index (χ1v) is 8.82. The molecule has 1 aromatic heterocycles. The second kappa shape index (κ2) is 8.26. The first-order valence-electron chi connectivity index (χ1n) is 8.41. The number of furan rings is 1. The summed E-state index contributed by atoms with van der Waals surface area (Å²) < 4.78 is 19.3. The van der Waals surface area contributed by atoms with Crippen LogP contribution in [0.4, 0.5) is 10.1 Å². The van der Waals surface area contributed by atoms with Gasteiger partial charge in [-0.3, -0.25) is 0 Å². The Kier molecular flexibility index (Phi) is 5.82. The van der Waals surface area contributed by atoms with Crippen LogP contribution in [-0.2, 0) is 0 Å². The lowest BCUT2D eigenvalue weighted by Crippen LogP contribution is -3.13. The summed E-state index contributed by atoms with van der Waals surface area (Å²) in [5.41, 5.74) is 0.384. The van der Waals surface area contributed by atoms with Gasteiger partial charge in [-0.15, -0.1) is 0 Å². The highest BCUT2D eigenvalue weighted by molar-refractivity contribution is 7.80. The second-order valence-corrected chi connectivity index (χ2v) is 6.51. The molecule has 128 valence electrons. The minimum absolute atomic E-state index is 0.209. The molecule has 0 saturated carbocycles. The Bertz CT molecular complexity index is 656. The van der Waals surface area contributed by atoms with Gasteiger partial charge in [0.25, 0.3) is 0 Å². The van der Waals surface area contributed by atoms with Crippen LogP contribution in [0.15, 0.2) is 47.1 Å². The lowest BCUT2D eigenvalue weighted by molar-refractivity contribution is -0.936. The predicted molar refractivity (Wildman–Crippen MR) is 96.6 cm³/mol. The van der Waals surface area contributed by atoms with Crippen molar-refractivity contribution in [2.75, 3.05) is 25.0 Å². The van der Waals surface area contributed by atoms with Crippen LogP contribution in [0.2, 0.25) is 0 Å². The summed E-state index contributed by atoms with van der Waals surface area (Å²) in [4.78, 5) is 1.51. The summed E-state index contributed by atoms with van der Waals surface area (Å²) in [6.07, 6.45) is 5.49. The number of rotatable bonds is 5. The Morgan fingerprint density at radius 1 is 1.17 bits per heavy atom. The number of thiocarbonyl (C=S) groups is 1. The summed E-state index contributed by atoms with van der Waals surface area (Å²) in [6.45, 7) is 2.93. The molecule has 6 heteroatoms. The minimum Gasteiger partial charge on any atom is -0.463 e. The zero-order chi connectivity index (χ0) is 16.8. The average molecular weight is 348 g/mol. The molecule has 2 heterocycles. The summed E-state index contributed by atoms with van der Waals surface area (Å²) >= 11 is 5.32. The molecule has 1 fully saturated rings. The molecule has 0 amide bonds. The summed E-state index contributed by atoms with van der Waals surface area (Å²) in [5, 5.41) is 6.56. The quantitative estimate of drug-likeness (QED) is 0.727. The van der Waals surface area contributed by atoms with Gasteiger partial charge in [-0.1, -0.05) is 12.1 Å². The maximum atomic E-state index is 13.7. The Labute approximate surface area is 147 Å². The van der Waals surface area contributed by atoms with E-state index in [1.165, 1.54) is 30.2 Å². The Balaban J connectivity index is 1.61. The molecular weight excluding hydrogens is 325 g/mol. The maximum absolute atomic E-state index is 13.7. The van der Waals surface area contributed by atoms with Crippen molar-refractivity contribution in [1.29, 1.82) is 0 Å². The fourth-order valence-corrected chi connectivity index (χ4v) is 3.41. The van der Waals surface area contributed by atoms with Crippen molar-refractivity contribution in [3.63, 3.8) is 0 Å². The number of quaternary nitrogens is 1. The number of para-hydroxylation sites is 1. The molecule has 3 N–H and O–H groups in total. The highest BCUT2D eigenvalue weighted by Crippen LogP contribution is 2.13. The van der Waals surface area contributed by atoms with Crippen LogP contribution in [0, 0.1) is 5.82 Å². The van der Waals surface area contributed by atoms with E-state index >= 15 is 0 Å². The van der Waals surface area contributed by atoms with Gasteiger partial charge >= 0.3 is 0 Å². The molecule has 4 nitrogen and oxygen atoms in total. The summed E-state index contributed by atoms with van der Waals surface area (Å²) in [6, 6.07) is 10.7. The number of likely N-dealkylation sites (tertiary alicyclic amines) is 1. The smallest absolute Gasteiger partial charge is 0.171 e. The molecule has 0 unspecified atom stereocenters. The van der Waals surface area contributed by atoms with Crippen LogP contribution in [-0.4, -0.2) is 24.7 Å². The van der Waals surface area contributed by atoms with Gasteiger partial charge in [0.05, 0.1) is 31.6 Å². The standard InChI is InChI=1S/C18H22FN3OS/c19-14-7-2-3-8-15(14)21-18(24)20-13-16(17-9-6-12-23-17)22-10-4-1-5-11-22/h2-3,6-9,12,16H,1,4-5,10-11,13H2,(H2,20,21,24)/p+1/t16-/m0/s1. The summed E-state index contributed by atoms with van der Waals surface area (Å²) in [5.74, 6) is 0.652. The minimum atomic E-state index is -0.314. The van der Waals surface area contributed by atoms with Gasteiger partial charge < -0.3 is 20.0 Å². The predicted octanol–water partition coefficient (Wildman–Crippen LogP) is 2.52. The van der Waals surface area contributed by atoms with Gasteiger partial charge in [0.15, 0.2) is 16.9 Å². The van der Waals surface area contributed by atoms with Crippen LogP contribution < -0.4 is 15.5 Å². The fraction of sp³-hybridized carbons (Fsp3) is 0.389. The largest absolute Gasteiger partial charge is 0.463 e. The van der Waals surface area contributed by atoms with Crippen molar-refractivity contribution >= 4 is 23.0 Å². The molecule has 1 aliphatic rings. The molecule has 0 bridgehead atoms. The van der Waals surface area contributed by atoms with Crippen molar-refractivity contribution < 1.29 is 13.7 Å². The fourth-order valence-electron chi connectivity index (χ4n) is 3.21. The molecule has 2 aromatic rings. The van der Waals surface area contributed by atoms with E-state index in [1.807, 2.05) is 12.1 Å². The number of anilines is 1. The van der Waals surface area contributed by atoms with Gasteiger partial charge in [-0.2, -0.15) is 0 Å². The van der Waals surface area contributed by atoms with Crippen molar-refractivity contribution in [2.45, 2.75) is 25.3 Å². The number of hydrogen-bond acceptors (Lipinski definition) is 2. The zero-order valence-electron chi connectivity index (χ0n) is 13.6. The van der Waals surface area contributed by atoms with Gasteiger partial charge in [0, 0.05) is 0 Å². The van der Waals surface area contributed by atoms with E-state index in [4.69, 9.17) is 16.6 Å². The van der Waals surface area contributed by atoms with E-state index in [1.54, 1.807) is 24.5 Å². The van der Waals surface area contributed by atoms with E-state index in [0.717, 1.165) is 18.8 Å². The van der Waals surface area contributed by atoms with Crippen LogP contribution in [0.5, 0.6) is 0 Å². The number of benzene rings is 1. The Hall–Kier alpha value is -1.92. The highest BCUT2D eigenvalue weighted by atomic mass is 32.1. The number of nitrogens with one attached hydrogen (secondary N) is 3. The topological polar surface area (TPSA) is 41.6 Å². The number of piperidine rings is 1. The molecule has 1 atom stereocenters. The first-order chi connectivity index (χ1) is 11.7. The lowest BCUT2D eigenvalue weighted by Gasteiger charge is -2.30. The third-order valence-electron chi connectivity index (χ3n) is 4.46. The van der Waals surface area contributed by atoms with E-state index in [-0.39, 0.29) is 11.9 Å². The van der Waals surface area contributed by atoms with Crippen LogP contribution in [0.25, 0.3) is 0 Å². The highest BCUT2D eigenvalue weighted by Gasteiger charge is 2.28. The van der Waals surface area contributed by atoms with E-state index in [9.17, 15) is 4.39 Å². The molecule has 0 spiro atoms. The van der Waals surface area contributed by atoms with E-state index < -0.39 is 0 Å². The van der Waals surface area contributed by atoms with Crippen molar-refractivity contribution in [1.82, 2.24) is 5.32 Å². The summed E-state index contributed by atoms with van der Waals surface area (Å²) in [7, 11) is 0. The van der Waals surface area contributed by atoms with Gasteiger partial charge in [-0.25, -0.2) is 4.39 Å². The third-order valence-corrected chi connectivity index (χ3v) is 4.71. The maximum Gasteiger partial charge on any atom is 0.171 e. The SMILES string of the molecule is Fc1ccccc1NC(=S)NC[C@@H](c1ccco1)[NH+]1CCCCC1. The molecule has 1 saturated heterocycles. The van der Waals surface area contributed by atoms with Crippen molar-refractivity contribution in [3.8, 4) is 0 Å². The third kappa shape index (κ3) is 4.33. The van der Waals surface area contributed by atoms with E-state index in [0.29, 0.717) is 17.3 Å². The van der Waals surface area contributed by atoms with Crippen LogP contribution in [0.3, 0.4) is 0 Å². The second-order valence-electron chi connectivity index (χ2n) is 6.10. The van der Waals surface area contributed by atoms with E-state index in [2.05, 4.69) is 10.6 Å². The zero-order valence-corrected chi connectivity index (χ0v) is 14.4. The Morgan fingerprint density at radius 2 is 1.96 bits per heavy atom. The number of halogens is 1. The first kappa shape index (κ1) is 16.9. The van der Waals surface area contributed by atoms with Crippen molar-refractivity contribution in [3.05, 3.63) is 54.2 Å². The molecule has 0 aliphatic carbocycles. The Morgan fingerprint density at radius 3 is 2.67 bits per heavy atom. The number of hydrogen-bond donors (Lipinski definition) is 3. The van der Waals surface area contributed by atoms with Crippen LogP contribution in [0.1, 0.15) is 31.1 Å². The van der Waals surface area contributed by atoms with Gasteiger partial charge in [0.1, 0.15) is 5.82 Å². The normalized spacial score (nSPS) is 16.5. The molecule has 0 radical (unpaired) electrons.